The third-order valence-electron chi connectivity index (χ3n) is 6.13. The van der Waals surface area contributed by atoms with Crippen molar-refractivity contribution in [2.24, 2.45) is 0 Å². The Labute approximate surface area is 209 Å². The number of rotatable bonds is 7. The van der Waals surface area contributed by atoms with Crippen LogP contribution in [0.3, 0.4) is 0 Å². The lowest BCUT2D eigenvalue weighted by Gasteiger charge is -2.20. The van der Waals surface area contributed by atoms with Crippen molar-refractivity contribution in [1.82, 2.24) is 4.98 Å². The molecule has 1 fully saturated rings. The van der Waals surface area contributed by atoms with Gasteiger partial charge in [0.05, 0.1) is 11.4 Å². The first-order chi connectivity index (χ1) is 17.4. The molecule has 3 aromatic carbocycles. The molecule has 4 aromatic rings. The predicted molar refractivity (Wildman–Crippen MR) is 142 cm³/mol. The lowest BCUT2D eigenvalue weighted by molar-refractivity contribution is -0.122. The van der Waals surface area contributed by atoms with Crippen molar-refractivity contribution in [3.63, 3.8) is 0 Å². The average molecular weight is 503 g/mol. The van der Waals surface area contributed by atoms with Crippen molar-refractivity contribution in [3.8, 4) is 5.75 Å². The molecule has 0 bridgehead atoms. The third-order valence-corrected chi connectivity index (χ3v) is 7.99. The summed E-state index contributed by atoms with van der Waals surface area (Å²) in [5, 5.41) is 4.58. The molecule has 3 N–H and O–H groups in total. The summed E-state index contributed by atoms with van der Waals surface area (Å²) in [4.78, 5) is 17.4. The fourth-order valence-corrected chi connectivity index (χ4v) is 5.85. The molecule has 0 spiro atoms. The van der Waals surface area contributed by atoms with Gasteiger partial charge in [-0.3, -0.25) is 9.10 Å². The number of anilines is 3. The summed E-state index contributed by atoms with van der Waals surface area (Å²) in [6.07, 6.45) is 1.79. The highest BCUT2D eigenvalue weighted by molar-refractivity contribution is 7.93. The van der Waals surface area contributed by atoms with Crippen LogP contribution in [0.1, 0.15) is 12.0 Å². The monoisotopic (exact) mass is 502 g/mol. The van der Waals surface area contributed by atoms with Crippen molar-refractivity contribution in [1.29, 1.82) is 0 Å². The molecule has 2 heterocycles. The summed E-state index contributed by atoms with van der Waals surface area (Å²) in [6.45, 7) is 0.465. The summed E-state index contributed by atoms with van der Waals surface area (Å²) in [6, 6.07) is 23.8. The van der Waals surface area contributed by atoms with Gasteiger partial charge in [-0.1, -0.05) is 36.4 Å². The number of nitrogens with two attached hydrogens (primary N) is 1. The van der Waals surface area contributed by atoms with Crippen LogP contribution in [0.15, 0.2) is 85.1 Å². The molecule has 5 rings (SSSR count). The number of benzene rings is 3. The molecule has 1 aliphatic rings. The molecule has 1 amide bonds. The molecule has 0 radical (unpaired) electrons. The van der Waals surface area contributed by atoms with Gasteiger partial charge in [0.2, 0.25) is 10.0 Å². The van der Waals surface area contributed by atoms with E-state index in [9.17, 15) is 13.2 Å². The van der Waals surface area contributed by atoms with Gasteiger partial charge in [0.1, 0.15) is 11.6 Å². The van der Waals surface area contributed by atoms with Crippen molar-refractivity contribution >= 4 is 43.9 Å². The number of hydrogen-bond acceptors (Lipinski definition) is 6. The predicted octanol–water partition coefficient (Wildman–Crippen LogP) is 3.99. The van der Waals surface area contributed by atoms with E-state index in [1.807, 2.05) is 42.5 Å². The van der Waals surface area contributed by atoms with E-state index >= 15 is 0 Å². The Morgan fingerprint density at radius 2 is 1.83 bits per heavy atom. The molecular formula is C27H26N4O4S. The maximum atomic E-state index is 13.3. The van der Waals surface area contributed by atoms with Crippen molar-refractivity contribution in [3.05, 3.63) is 90.6 Å². The van der Waals surface area contributed by atoms with Crippen LogP contribution in [0.4, 0.5) is 17.2 Å². The van der Waals surface area contributed by atoms with Crippen molar-refractivity contribution < 1.29 is 17.9 Å². The van der Waals surface area contributed by atoms with Crippen LogP contribution in [0.25, 0.3) is 10.8 Å². The Bertz CT molecular complexity index is 1490. The number of ether oxygens (including phenoxy) is 1. The molecule has 1 unspecified atom stereocenters. The SMILES string of the molecule is Nc1nccc2ccc(OC(Cc3ccccc3)C(=O)Nc3ccc(N4CCCS4(=O)=O)cc3)cc12. The van der Waals surface area contributed by atoms with Gasteiger partial charge in [0, 0.05) is 30.2 Å². The van der Waals surface area contributed by atoms with Crippen molar-refractivity contribution in [2.75, 3.05) is 27.7 Å². The molecule has 184 valence electrons. The second-order valence-corrected chi connectivity index (χ2v) is 10.7. The zero-order chi connectivity index (χ0) is 25.1. The Morgan fingerprint density at radius 3 is 2.56 bits per heavy atom. The topological polar surface area (TPSA) is 115 Å². The van der Waals surface area contributed by atoms with Gasteiger partial charge in [0.25, 0.3) is 5.91 Å². The number of pyridine rings is 1. The molecule has 1 aromatic heterocycles. The first kappa shape index (κ1) is 23.6. The summed E-state index contributed by atoms with van der Waals surface area (Å²) in [5.74, 6) is 0.732. The van der Waals surface area contributed by atoms with Gasteiger partial charge in [-0.2, -0.15) is 0 Å². The maximum absolute atomic E-state index is 13.3. The number of amides is 1. The lowest BCUT2D eigenvalue weighted by atomic mass is 10.1. The number of carbonyl (C=O) groups is 1. The highest BCUT2D eigenvalue weighted by Crippen LogP contribution is 2.27. The van der Waals surface area contributed by atoms with E-state index in [-0.39, 0.29) is 11.7 Å². The van der Waals surface area contributed by atoms with Gasteiger partial charge in [-0.15, -0.1) is 0 Å². The largest absolute Gasteiger partial charge is 0.480 e. The molecule has 0 aliphatic carbocycles. The van der Waals surface area contributed by atoms with E-state index in [1.165, 1.54) is 4.31 Å². The van der Waals surface area contributed by atoms with Crippen LogP contribution in [0.2, 0.25) is 0 Å². The summed E-state index contributed by atoms with van der Waals surface area (Å²) >= 11 is 0. The van der Waals surface area contributed by atoms with Gasteiger partial charge in [-0.05, 0) is 59.8 Å². The van der Waals surface area contributed by atoms with E-state index < -0.39 is 16.1 Å². The zero-order valence-corrected chi connectivity index (χ0v) is 20.3. The van der Waals surface area contributed by atoms with Gasteiger partial charge in [0.15, 0.2) is 6.10 Å². The van der Waals surface area contributed by atoms with Crippen molar-refractivity contribution in [2.45, 2.75) is 18.9 Å². The highest BCUT2D eigenvalue weighted by atomic mass is 32.2. The Morgan fingerprint density at radius 1 is 1.06 bits per heavy atom. The maximum Gasteiger partial charge on any atom is 0.265 e. The number of aromatic nitrogens is 1. The number of carbonyl (C=O) groups excluding carboxylic acids is 1. The van der Waals surface area contributed by atoms with E-state index in [0.717, 1.165) is 16.3 Å². The summed E-state index contributed by atoms with van der Waals surface area (Å²) in [5.41, 5.74) is 8.12. The minimum atomic E-state index is -3.26. The van der Waals surface area contributed by atoms with Crippen LogP contribution in [0, 0.1) is 0 Å². The fraction of sp³-hybridized carbons (Fsp3) is 0.185. The molecule has 0 saturated carbocycles. The molecule has 9 heteroatoms. The van der Waals surface area contributed by atoms with Crippen LogP contribution < -0.4 is 20.1 Å². The third kappa shape index (κ3) is 5.11. The number of nitrogens with one attached hydrogen (secondary N) is 1. The quantitative estimate of drug-likeness (QED) is 0.395. The second kappa shape index (κ2) is 9.87. The van der Waals surface area contributed by atoms with E-state index in [0.29, 0.717) is 42.3 Å². The molecular weight excluding hydrogens is 476 g/mol. The summed E-state index contributed by atoms with van der Waals surface area (Å²) < 4.78 is 32.0. The number of hydrogen-bond donors (Lipinski definition) is 2. The van der Waals surface area contributed by atoms with Gasteiger partial charge < -0.3 is 15.8 Å². The fourth-order valence-electron chi connectivity index (χ4n) is 4.29. The lowest BCUT2D eigenvalue weighted by Crippen LogP contribution is -2.35. The van der Waals surface area contributed by atoms with Crippen LogP contribution in [-0.4, -0.2) is 37.7 Å². The minimum absolute atomic E-state index is 0.153. The number of nitrogen functional groups attached to an aromatic ring is 1. The van der Waals surface area contributed by atoms with Crippen LogP contribution in [0.5, 0.6) is 5.75 Å². The first-order valence-electron chi connectivity index (χ1n) is 11.7. The normalized spacial score (nSPS) is 15.5. The standard InChI is InChI=1S/C27H26N4O4S/c28-26-24-18-23(12-7-20(24)13-14-29-26)35-25(17-19-5-2-1-3-6-19)27(32)30-21-8-10-22(11-9-21)31-15-4-16-36(31,33)34/h1-3,5-14,18,25H,4,15-17H2,(H2,28,29)(H,30,32). The molecule has 8 nitrogen and oxygen atoms in total. The Kier molecular flexibility index (Phi) is 6.47. The number of fused-ring (bicyclic) bond motifs is 1. The second-order valence-electron chi connectivity index (χ2n) is 8.65. The van der Waals surface area contributed by atoms with E-state index in [1.54, 1.807) is 42.6 Å². The smallest absolute Gasteiger partial charge is 0.265 e. The van der Waals surface area contributed by atoms with Gasteiger partial charge >= 0.3 is 0 Å². The van der Waals surface area contributed by atoms with E-state index in [4.69, 9.17) is 10.5 Å². The Hall–Kier alpha value is -4.11. The molecule has 36 heavy (non-hydrogen) atoms. The van der Waals surface area contributed by atoms with E-state index in [2.05, 4.69) is 10.3 Å². The summed E-state index contributed by atoms with van der Waals surface area (Å²) in [7, 11) is -3.26. The molecule has 1 aliphatic heterocycles. The molecule has 1 atom stereocenters. The first-order valence-corrected chi connectivity index (χ1v) is 13.3. The molecule has 1 saturated heterocycles. The van der Waals surface area contributed by atoms with Gasteiger partial charge in [-0.25, -0.2) is 13.4 Å². The minimum Gasteiger partial charge on any atom is -0.480 e. The zero-order valence-electron chi connectivity index (χ0n) is 19.5. The number of sulfonamides is 1. The van der Waals surface area contributed by atoms with Crippen LogP contribution >= 0.6 is 0 Å². The van der Waals surface area contributed by atoms with Crippen LogP contribution in [-0.2, 0) is 21.2 Å². The highest BCUT2D eigenvalue weighted by Gasteiger charge is 2.28. The average Bonchev–Trinajstić information content (AvgIpc) is 3.24. The number of nitrogens with zero attached hydrogens (tertiary/aromatic N) is 2. The Balaban J connectivity index is 1.36.